The standard InChI is InChI=1S/C17H19N5O2.ClH/c18-16(12-4-2-1-3-5-12)17-20-15(24-21-17)10-22-9-14(8-19-22)13-6-7-23-11-13;/h1-5,8-9,13,16H,6-7,10-11,18H2;1H. The first kappa shape index (κ1) is 17.6. The van der Waals surface area contributed by atoms with Gasteiger partial charge in [0.1, 0.15) is 6.54 Å². The molecule has 0 spiro atoms. The predicted octanol–water partition coefficient (Wildman–Crippen LogP) is 2.29. The maximum atomic E-state index is 6.19. The summed E-state index contributed by atoms with van der Waals surface area (Å²) >= 11 is 0. The lowest BCUT2D eigenvalue weighted by molar-refractivity contribution is 0.194. The van der Waals surface area contributed by atoms with Gasteiger partial charge in [0, 0.05) is 18.7 Å². The largest absolute Gasteiger partial charge is 0.381 e. The summed E-state index contributed by atoms with van der Waals surface area (Å²) in [5.74, 6) is 1.41. The third kappa shape index (κ3) is 3.89. The van der Waals surface area contributed by atoms with Gasteiger partial charge < -0.3 is 15.0 Å². The molecule has 3 aromatic rings. The molecule has 1 saturated heterocycles. The first-order chi connectivity index (χ1) is 11.8. The number of aromatic nitrogens is 4. The Morgan fingerprint density at radius 1 is 1.28 bits per heavy atom. The summed E-state index contributed by atoms with van der Waals surface area (Å²) in [5.41, 5.74) is 8.33. The molecule has 2 unspecified atom stereocenters. The van der Waals surface area contributed by atoms with Crippen molar-refractivity contribution in [1.82, 2.24) is 19.9 Å². The molecule has 7 nitrogen and oxygen atoms in total. The summed E-state index contributed by atoms with van der Waals surface area (Å²) in [4.78, 5) is 4.40. The van der Waals surface area contributed by atoms with Crippen LogP contribution in [-0.4, -0.2) is 33.1 Å². The molecule has 1 aliphatic heterocycles. The van der Waals surface area contributed by atoms with Gasteiger partial charge in [-0.15, -0.1) is 12.4 Å². The van der Waals surface area contributed by atoms with Gasteiger partial charge in [-0.1, -0.05) is 35.5 Å². The molecule has 1 aromatic carbocycles. The molecule has 1 fully saturated rings. The SMILES string of the molecule is Cl.NC(c1ccccc1)c1noc(Cn2cc(C3CCOC3)cn2)n1. The number of nitrogens with zero attached hydrogens (tertiary/aromatic N) is 4. The summed E-state index contributed by atoms with van der Waals surface area (Å²) < 4.78 is 12.5. The van der Waals surface area contributed by atoms with Crippen molar-refractivity contribution in [2.24, 2.45) is 5.73 Å². The van der Waals surface area contributed by atoms with E-state index in [0.29, 0.717) is 24.2 Å². The number of rotatable bonds is 5. The van der Waals surface area contributed by atoms with Gasteiger partial charge >= 0.3 is 0 Å². The highest BCUT2D eigenvalue weighted by Crippen LogP contribution is 2.24. The van der Waals surface area contributed by atoms with Gasteiger partial charge in [0.15, 0.2) is 5.82 Å². The van der Waals surface area contributed by atoms with E-state index in [-0.39, 0.29) is 12.4 Å². The van der Waals surface area contributed by atoms with Crippen LogP contribution in [-0.2, 0) is 11.3 Å². The maximum Gasteiger partial charge on any atom is 0.248 e. The van der Waals surface area contributed by atoms with E-state index >= 15 is 0 Å². The monoisotopic (exact) mass is 361 g/mol. The van der Waals surface area contributed by atoms with Crippen LogP contribution in [0.4, 0.5) is 0 Å². The lowest BCUT2D eigenvalue weighted by Crippen LogP contribution is -2.13. The summed E-state index contributed by atoms with van der Waals surface area (Å²) in [6.45, 7) is 2.02. The molecule has 0 radical (unpaired) electrons. The number of hydrogen-bond acceptors (Lipinski definition) is 6. The molecule has 132 valence electrons. The molecule has 0 bridgehead atoms. The second kappa shape index (κ2) is 7.77. The summed E-state index contributed by atoms with van der Waals surface area (Å²) in [6, 6.07) is 9.33. The van der Waals surface area contributed by atoms with E-state index in [2.05, 4.69) is 15.2 Å². The minimum absolute atomic E-state index is 0. The van der Waals surface area contributed by atoms with Gasteiger partial charge in [-0.2, -0.15) is 10.1 Å². The molecule has 2 aromatic heterocycles. The zero-order valence-electron chi connectivity index (χ0n) is 13.6. The molecular weight excluding hydrogens is 342 g/mol. The zero-order chi connectivity index (χ0) is 16.4. The second-order valence-electron chi connectivity index (χ2n) is 5.97. The van der Waals surface area contributed by atoms with E-state index < -0.39 is 6.04 Å². The molecule has 8 heteroatoms. The number of halogens is 1. The topological polar surface area (TPSA) is 92.0 Å². The van der Waals surface area contributed by atoms with E-state index in [4.69, 9.17) is 15.0 Å². The Balaban J connectivity index is 0.00000182. The maximum absolute atomic E-state index is 6.19. The van der Waals surface area contributed by atoms with Crippen LogP contribution < -0.4 is 5.73 Å². The fourth-order valence-electron chi connectivity index (χ4n) is 2.88. The Morgan fingerprint density at radius 3 is 2.88 bits per heavy atom. The van der Waals surface area contributed by atoms with Crippen LogP contribution in [0.25, 0.3) is 0 Å². The molecule has 1 aliphatic rings. The van der Waals surface area contributed by atoms with Crippen LogP contribution in [0.3, 0.4) is 0 Å². The summed E-state index contributed by atoms with van der Waals surface area (Å²) in [7, 11) is 0. The molecular formula is C17H20ClN5O2. The third-order valence-electron chi connectivity index (χ3n) is 4.27. The highest BCUT2D eigenvalue weighted by Gasteiger charge is 2.20. The summed E-state index contributed by atoms with van der Waals surface area (Å²) in [6.07, 6.45) is 4.94. The van der Waals surface area contributed by atoms with Gasteiger partial charge in [-0.05, 0) is 17.5 Å². The van der Waals surface area contributed by atoms with Crippen molar-refractivity contribution >= 4 is 12.4 Å². The molecule has 0 amide bonds. The van der Waals surface area contributed by atoms with E-state index in [1.54, 1.807) is 4.68 Å². The van der Waals surface area contributed by atoms with E-state index in [1.165, 1.54) is 5.56 Å². The Bertz CT molecular complexity index is 798. The van der Waals surface area contributed by atoms with E-state index in [1.807, 2.05) is 42.7 Å². The van der Waals surface area contributed by atoms with Crippen LogP contribution in [0.1, 0.15) is 41.2 Å². The van der Waals surface area contributed by atoms with Crippen LogP contribution in [0.2, 0.25) is 0 Å². The Kier molecular flexibility index (Phi) is 5.47. The molecule has 3 heterocycles. The van der Waals surface area contributed by atoms with Crippen molar-refractivity contribution in [2.45, 2.75) is 24.9 Å². The number of ether oxygens (including phenoxy) is 1. The van der Waals surface area contributed by atoms with Crippen molar-refractivity contribution in [3.05, 3.63) is 65.6 Å². The minimum Gasteiger partial charge on any atom is -0.381 e. The fourth-order valence-corrected chi connectivity index (χ4v) is 2.88. The highest BCUT2D eigenvalue weighted by molar-refractivity contribution is 5.85. The lowest BCUT2D eigenvalue weighted by atomic mass is 10.0. The quantitative estimate of drug-likeness (QED) is 0.749. The number of hydrogen-bond donors (Lipinski definition) is 1. The molecule has 0 aliphatic carbocycles. The van der Waals surface area contributed by atoms with Crippen LogP contribution in [0.15, 0.2) is 47.2 Å². The van der Waals surface area contributed by atoms with Gasteiger partial charge in [0.05, 0.1) is 18.8 Å². The molecule has 2 N–H and O–H groups in total. The van der Waals surface area contributed by atoms with Crippen LogP contribution >= 0.6 is 12.4 Å². The first-order valence-electron chi connectivity index (χ1n) is 8.02. The van der Waals surface area contributed by atoms with Crippen LogP contribution in [0.5, 0.6) is 0 Å². The highest BCUT2D eigenvalue weighted by atomic mass is 35.5. The average Bonchev–Trinajstić information content (AvgIpc) is 3.37. The van der Waals surface area contributed by atoms with Crippen molar-refractivity contribution in [1.29, 1.82) is 0 Å². The van der Waals surface area contributed by atoms with Crippen molar-refractivity contribution in [3.63, 3.8) is 0 Å². The smallest absolute Gasteiger partial charge is 0.248 e. The lowest BCUT2D eigenvalue weighted by Gasteiger charge is -2.05. The number of benzene rings is 1. The normalized spacial score (nSPS) is 18.0. The van der Waals surface area contributed by atoms with E-state index in [9.17, 15) is 0 Å². The zero-order valence-corrected chi connectivity index (χ0v) is 14.4. The third-order valence-corrected chi connectivity index (χ3v) is 4.27. The molecule has 0 saturated carbocycles. The second-order valence-corrected chi connectivity index (χ2v) is 5.97. The Labute approximate surface area is 151 Å². The van der Waals surface area contributed by atoms with E-state index in [0.717, 1.165) is 25.2 Å². The first-order valence-corrected chi connectivity index (χ1v) is 8.02. The molecule has 25 heavy (non-hydrogen) atoms. The van der Waals surface area contributed by atoms with Gasteiger partial charge in [0.25, 0.3) is 0 Å². The Hall–Kier alpha value is -2.22. The fraction of sp³-hybridized carbons (Fsp3) is 0.353. The van der Waals surface area contributed by atoms with Gasteiger partial charge in [0.2, 0.25) is 5.89 Å². The predicted molar refractivity (Wildman–Crippen MR) is 93.5 cm³/mol. The van der Waals surface area contributed by atoms with Crippen molar-refractivity contribution in [3.8, 4) is 0 Å². The average molecular weight is 362 g/mol. The van der Waals surface area contributed by atoms with Crippen molar-refractivity contribution < 1.29 is 9.26 Å². The molecule has 4 rings (SSSR count). The van der Waals surface area contributed by atoms with Crippen molar-refractivity contribution in [2.75, 3.05) is 13.2 Å². The van der Waals surface area contributed by atoms with Crippen LogP contribution in [0, 0.1) is 0 Å². The summed E-state index contributed by atoms with van der Waals surface area (Å²) in [5, 5.41) is 8.37. The number of nitrogens with two attached hydrogens (primary N) is 1. The van der Waals surface area contributed by atoms with Gasteiger partial charge in [-0.3, -0.25) is 4.68 Å². The molecule has 2 atom stereocenters. The minimum atomic E-state index is -0.396. The van der Waals surface area contributed by atoms with Gasteiger partial charge in [-0.25, -0.2) is 0 Å². The Morgan fingerprint density at radius 2 is 2.12 bits per heavy atom.